The molecule has 2 aliphatic heterocycles. The van der Waals surface area contributed by atoms with Crippen LogP contribution in [0.1, 0.15) is 17.2 Å². The molecule has 0 bridgehead atoms. The largest absolute Gasteiger partial charge is 0.507 e. The van der Waals surface area contributed by atoms with Gasteiger partial charge in [0.2, 0.25) is 0 Å². The van der Waals surface area contributed by atoms with Crippen molar-refractivity contribution in [2.45, 2.75) is 6.04 Å². The third-order valence-electron chi connectivity index (χ3n) is 5.93. The molecular weight excluding hydrogens is 434 g/mol. The minimum Gasteiger partial charge on any atom is -0.507 e. The summed E-state index contributed by atoms with van der Waals surface area (Å²) in [5.74, 6) is -3.76. The first-order valence-corrected chi connectivity index (χ1v) is 10.6. The quantitative estimate of drug-likeness (QED) is 0.408. The van der Waals surface area contributed by atoms with Crippen LogP contribution in [0.4, 0.5) is 8.78 Å². The van der Waals surface area contributed by atoms with E-state index < -0.39 is 35.1 Å². The Kier molecular flexibility index (Phi) is 6.71. The number of hydrogen-bond acceptors (Lipinski definition) is 6. The molecule has 1 atom stereocenters. The maximum Gasteiger partial charge on any atom is 0.295 e. The molecule has 0 unspecified atom stereocenters. The van der Waals surface area contributed by atoms with Gasteiger partial charge in [0.1, 0.15) is 11.6 Å². The fourth-order valence-electron chi connectivity index (χ4n) is 4.17. The fraction of sp³-hybridized carbons (Fsp3) is 0.333. The van der Waals surface area contributed by atoms with Crippen molar-refractivity contribution in [2.24, 2.45) is 0 Å². The highest BCUT2D eigenvalue weighted by molar-refractivity contribution is 6.46. The van der Waals surface area contributed by atoms with Crippen molar-refractivity contribution < 1.29 is 33.0 Å². The maximum atomic E-state index is 14.8. The van der Waals surface area contributed by atoms with Gasteiger partial charge < -0.3 is 19.5 Å². The monoisotopic (exact) mass is 458 g/mol. The van der Waals surface area contributed by atoms with Gasteiger partial charge in [-0.15, -0.1) is 0 Å². The molecule has 2 fully saturated rings. The van der Waals surface area contributed by atoms with E-state index in [1.54, 1.807) is 6.07 Å². The third-order valence-corrected chi connectivity index (χ3v) is 5.93. The van der Waals surface area contributed by atoms with Crippen LogP contribution in [0.25, 0.3) is 5.76 Å². The van der Waals surface area contributed by atoms with Crippen LogP contribution in [0.15, 0.2) is 48.0 Å². The van der Waals surface area contributed by atoms with Crippen molar-refractivity contribution in [3.8, 4) is 5.75 Å². The van der Waals surface area contributed by atoms with Gasteiger partial charge in [-0.05, 0) is 24.3 Å². The van der Waals surface area contributed by atoms with Crippen LogP contribution in [0, 0.1) is 11.6 Å². The number of benzene rings is 2. The summed E-state index contributed by atoms with van der Waals surface area (Å²) in [6.45, 7) is 3.10. The average molecular weight is 458 g/mol. The molecule has 174 valence electrons. The Morgan fingerprint density at radius 2 is 1.82 bits per heavy atom. The maximum absolute atomic E-state index is 14.8. The highest BCUT2D eigenvalue weighted by atomic mass is 19.1. The Morgan fingerprint density at radius 1 is 1.09 bits per heavy atom. The summed E-state index contributed by atoms with van der Waals surface area (Å²) in [6, 6.07) is 8.32. The Hall–Kier alpha value is -3.30. The molecule has 2 heterocycles. The summed E-state index contributed by atoms with van der Waals surface area (Å²) in [4.78, 5) is 29.3. The number of carbonyl (C=O) groups excluding carboxylic acids is 2. The molecule has 9 heteroatoms. The number of amides is 1. The van der Waals surface area contributed by atoms with Gasteiger partial charge in [0.15, 0.2) is 11.6 Å². The molecule has 2 aliphatic rings. The molecular formula is C24H24F2N2O5. The van der Waals surface area contributed by atoms with Crippen LogP contribution < -0.4 is 4.74 Å². The Morgan fingerprint density at radius 3 is 2.48 bits per heavy atom. The number of carbonyl (C=O) groups is 2. The number of rotatable bonds is 6. The van der Waals surface area contributed by atoms with Crippen LogP contribution in [0.5, 0.6) is 5.75 Å². The summed E-state index contributed by atoms with van der Waals surface area (Å²) >= 11 is 0. The molecule has 1 N–H and O–H groups in total. The minimum absolute atomic E-state index is 0.0131. The Bertz CT molecular complexity index is 1100. The lowest BCUT2D eigenvalue weighted by Crippen LogP contribution is -2.42. The first-order chi connectivity index (χ1) is 15.9. The second-order valence-electron chi connectivity index (χ2n) is 7.82. The van der Waals surface area contributed by atoms with Crippen molar-refractivity contribution in [2.75, 3.05) is 46.5 Å². The van der Waals surface area contributed by atoms with E-state index in [0.717, 1.165) is 6.07 Å². The molecule has 0 aliphatic carbocycles. The number of nitrogens with zero attached hydrogens (tertiary/aromatic N) is 2. The Balaban J connectivity index is 1.76. The van der Waals surface area contributed by atoms with E-state index in [4.69, 9.17) is 9.47 Å². The van der Waals surface area contributed by atoms with Gasteiger partial charge in [-0.3, -0.25) is 14.5 Å². The van der Waals surface area contributed by atoms with E-state index in [-0.39, 0.29) is 29.0 Å². The predicted octanol–water partition coefficient (Wildman–Crippen LogP) is 2.73. The second-order valence-corrected chi connectivity index (χ2v) is 7.82. The van der Waals surface area contributed by atoms with Crippen LogP contribution in [0.3, 0.4) is 0 Å². The molecule has 4 rings (SSSR count). The molecule has 7 nitrogen and oxygen atoms in total. The average Bonchev–Trinajstić information content (AvgIpc) is 3.08. The molecule has 0 radical (unpaired) electrons. The third kappa shape index (κ3) is 4.46. The molecule has 0 spiro atoms. The molecule has 33 heavy (non-hydrogen) atoms. The predicted molar refractivity (Wildman–Crippen MR) is 116 cm³/mol. The SMILES string of the molecule is COc1ccc(C(O)=C2C(=O)C(=O)N(CCN3CCOCC3)[C@@H]2c2ccccc2F)cc1F. The van der Waals surface area contributed by atoms with Gasteiger partial charge in [-0.25, -0.2) is 8.78 Å². The van der Waals surface area contributed by atoms with Crippen LogP contribution in [-0.4, -0.2) is 73.1 Å². The standard InChI is InChI=1S/C24H24F2N2O5/c1-32-19-7-6-15(14-18(19)26)22(29)20-21(16-4-2-3-5-17(16)25)28(24(31)23(20)30)9-8-27-10-12-33-13-11-27/h2-7,14,21,29H,8-13H2,1H3/t21-/m1/s1. The summed E-state index contributed by atoms with van der Waals surface area (Å²) in [5, 5.41) is 11.0. The van der Waals surface area contributed by atoms with Crippen LogP contribution in [0.2, 0.25) is 0 Å². The summed E-state index contributed by atoms with van der Waals surface area (Å²) in [5.41, 5.74) is -0.216. The number of ether oxygens (including phenoxy) is 2. The number of methoxy groups -OCH3 is 1. The van der Waals surface area contributed by atoms with E-state index in [0.29, 0.717) is 32.8 Å². The lowest BCUT2D eigenvalue weighted by Gasteiger charge is -2.31. The molecule has 2 aromatic carbocycles. The summed E-state index contributed by atoms with van der Waals surface area (Å²) in [6.07, 6.45) is 0. The van der Waals surface area contributed by atoms with Crippen LogP contribution in [-0.2, 0) is 14.3 Å². The van der Waals surface area contributed by atoms with E-state index >= 15 is 0 Å². The lowest BCUT2D eigenvalue weighted by atomic mass is 9.95. The minimum atomic E-state index is -1.14. The van der Waals surface area contributed by atoms with Crippen molar-refractivity contribution >= 4 is 17.4 Å². The van der Waals surface area contributed by atoms with Gasteiger partial charge in [-0.1, -0.05) is 18.2 Å². The lowest BCUT2D eigenvalue weighted by molar-refractivity contribution is -0.140. The van der Waals surface area contributed by atoms with E-state index in [9.17, 15) is 23.5 Å². The number of morpholine rings is 1. The van der Waals surface area contributed by atoms with Crippen molar-refractivity contribution in [3.05, 3.63) is 70.8 Å². The normalized spacial score (nSPS) is 20.9. The summed E-state index contributed by atoms with van der Waals surface area (Å²) < 4.78 is 39.3. The number of likely N-dealkylation sites (tertiary alicyclic amines) is 1. The number of hydrogen-bond donors (Lipinski definition) is 1. The fourth-order valence-corrected chi connectivity index (χ4v) is 4.17. The van der Waals surface area contributed by atoms with Gasteiger partial charge >= 0.3 is 0 Å². The zero-order chi connectivity index (χ0) is 23.5. The number of Topliss-reactive ketones (excluding diaryl/α,β-unsaturated/α-hetero) is 1. The number of aliphatic hydroxyl groups excluding tert-OH is 1. The van der Waals surface area contributed by atoms with Gasteiger partial charge in [-0.2, -0.15) is 0 Å². The van der Waals surface area contributed by atoms with Crippen molar-refractivity contribution in [1.82, 2.24) is 9.80 Å². The molecule has 0 saturated carbocycles. The Labute approximate surface area is 189 Å². The number of halogens is 2. The highest BCUT2D eigenvalue weighted by Crippen LogP contribution is 2.40. The van der Waals surface area contributed by atoms with Gasteiger partial charge in [0.25, 0.3) is 11.7 Å². The number of aliphatic hydroxyl groups is 1. The van der Waals surface area contributed by atoms with Gasteiger partial charge in [0, 0.05) is 37.3 Å². The zero-order valence-electron chi connectivity index (χ0n) is 18.1. The zero-order valence-corrected chi connectivity index (χ0v) is 18.1. The first kappa shape index (κ1) is 22.9. The first-order valence-electron chi connectivity index (χ1n) is 10.6. The van der Waals surface area contributed by atoms with E-state index in [1.807, 2.05) is 0 Å². The highest BCUT2D eigenvalue weighted by Gasteiger charge is 2.47. The topological polar surface area (TPSA) is 79.3 Å². The molecule has 2 saturated heterocycles. The van der Waals surface area contributed by atoms with Crippen molar-refractivity contribution in [3.63, 3.8) is 0 Å². The van der Waals surface area contributed by atoms with Crippen molar-refractivity contribution in [1.29, 1.82) is 0 Å². The summed E-state index contributed by atoms with van der Waals surface area (Å²) in [7, 11) is 1.30. The smallest absolute Gasteiger partial charge is 0.295 e. The van der Waals surface area contributed by atoms with E-state index in [1.165, 1.54) is 42.3 Å². The van der Waals surface area contributed by atoms with E-state index in [2.05, 4.69) is 4.90 Å². The van der Waals surface area contributed by atoms with Gasteiger partial charge in [0.05, 0.1) is 31.9 Å². The van der Waals surface area contributed by atoms with Crippen LogP contribution >= 0.6 is 0 Å². The second kappa shape index (κ2) is 9.68. The molecule has 0 aromatic heterocycles. The number of ketones is 1. The molecule has 2 aromatic rings. The molecule has 1 amide bonds.